The molecule has 1 amide bonds. The van der Waals surface area contributed by atoms with Crippen LogP contribution in [0, 0.1) is 18.3 Å². The maximum absolute atomic E-state index is 13.1. The molecule has 7 nitrogen and oxygen atoms in total. The molecule has 0 saturated heterocycles. The molecule has 3 rings (SSSR count). The minimum Gasteiger partial charge on any atom is -0.348 e. The average molecular weight is 530 g/mol. The van der Waals surface area contributed by atoms with E-state index >= 15 is 0 Å². The van der Waals surface area contributed by atoms with Gasteiger partial charge in [-0.25, -0.2) is 8.42 Å². The van der Waals surface area contributed by atoms with Gasteiger partial charge in [0.15, 0.2) is 9.84 Å². The molecule has 0 saturated carbocycles. The van der Waals surface area contributed by atoms with E-state index in [0.29, 0.717) is 11.3 Å². The molecule has 0 spiro atoms. The molecule has 3 aromatic rings. The van der Waals surface area contributed by atoms with E-state index in [1.807, 2.05) is 6.07 Å². The fourth-order valence-electron chi connectivity index (χ4n) is 3.60. The molecule has 37 heavy (non-hydrogen) atoms. The van der Waals surface area contributed by atoms with Crippen molar-refractivity contribution in [2.75, 3.05) is 0 Å². The van der Waals surface area contributed by atoms with E-state index in [1.54, 1.807) is 0 Å². The van der Waals surface area contributed by atoms with Gasteiger partial charge in [-0.15, -0.1) is 6.58 Å². The number of nitrogens with one attached hydrogen (secondary N) is 1. The molecule has 0 bridgehead atoms. The SMILES string of the molecule is C=CC(CC#N)S(=O)(=O)c1ccc(CNC(=O)c2ccc(C)n(-c3cccc(C(F)(F)F)c3)c2=O)cc1. The molecular weight excluding hydrogens is 507 g/mol. The molecule has 1 heterocycles. The molecule has 0 aliphatic carbocycles. The minimum atomic E-state index is -4.60. The Balaban J connectivity index is 1.81. The maximum atomic E-state index is 13.1. The Bertz CT molecular complexity index is 1540. The van der Waals surface area contributed by atoms with Gasteiger partial charge >= 0.3 is 6.18 Å². The van der Waals surface area contributed by atoms with Crippen LogP contribution in [0.25, 0.3) is 5.69 Å². The zero-order valence-electron chi connectivity index (χ0n) is 19.6. The van der Waals surface area contributed by atoms with Crippen molar-refractivity contribution in [2.24, 2.45) is 0 Å². The van der Waals surface area contributed by atoms with E-state index < -0.39 is 38.3 Å². The number of hydrogen-bond donors (Lipinski definition) is 1. The van der Waals surface area contributed by atoms with Crippen molar-refractivity contribution in [1.29, 1.82) is 5.26 Å². The molecule has 1 unspecified atom stereocenters. The highest BCUT2D eigenvalue weighted by Crippen LogP contribution is 2.30. The number of amides is 1. The quantitative estimate of drug-likeness (QED) is 0.437. The van der Waals surface area contributed by atoms with Crippen LogP contribution in [-0.4, -0.2) is 24.1 Å². The van der Waals surface area contributed by atoms with Crippen LogP contribution >= 0.6 is 0 Å². The Morgan fingerprint density at radius 3 is 2.43 bits per heavy atom. The fraction of sp³-hybridized carbons (Fsp3) is 0.192. The highest BCUT2D eigenvalue weighted by atomic mass is 32.2. The first-order valence-electron chi connectivity index (χ1n) is 10.9. The third kappa shape index (κ3) is 5.98. The second-order valence-electron chi connectivity index (χ2n) is 8.09. The van der Waals surface area contributed by atoms with E-state index in [0.717, 1.165) is 16.7 Å². The summed E-state index contributed by atoms with van der Waals surface area (Å²) in [5.74, 6) is -0.747. The lowest BCUT2D eigenvalue weighted by atomic mass is 10.1. The summed E-state index contributed by atoms with van der Waals surface area (Å²) in [4.78, 5) is 25.8. The van der Waals surface area contributed by atoms with Crippen LogP contribution in [-0.2, 0) is 22.6 Å². The number of carbonyl (C=O) groups is 1. The number of pyridine rings is 1. The highest BCUT2D eigenvalue weighted by molar-refractivity contribution is 7.92. The second-order valence-corrected chi connectivity index (χ2v) is 10.3. The fourth-order valence-corrected chi connectivity index (χ4v) is 5.02. The number of sulfone groups is 1. The number of hydrogen-bond acceptors (Lipinski definition) is 5. The monoisotopic (exact) mass is 529 g/mol. The van der Waals surface area contributed by atoms with Gasteiger partial charge in [-0.05, 0) is 55.0 Å². The van der Waals surface area contributed by atoms with Gasteiger partial charge in [0.05, 0.1) is 28.2 Å². The van der Waals surface area contributed by atoms with Gasteiger partial charge in [0.2, 0.25) is 0 Å². The number of rotatable bonds is 8. The Hall–Kier alpha value is -4.17. The molecule has 11 heteroatoms. The summed E-state index contributed by atoms with van der Waals surface area (Å²) < 4.78 is 65.7. The summed E-state index contributed by atoms with van der Waals surface area (Å²) in [5.41, 5.74) is -1.14. The van der Waals surface area contributed by atoms with Crippen molar-refractivity contribution >= 4 is 15.7 Å². The summed E-state index contributed by atoms with van der Waals surface area (Å²) in [5, 5.41) is 10.3. The molecule has 2 aromatic carbocycles. The number of alkyl halides is 3. The number of aryl methyl sites for hydroxylation is 1. The van der Waals surface area contributed by atoms with Crippen LogP contribution in [0.5, 0.6) is 0 Å². The predicted octanol–water partition coefficient (Wildman–Crippen LogP) is 4.34. The van der Waals surface area contributed by atoms with Gasteiger partial charge in [0.25, 0.3) is 11.5 Å². The van der Waals surface area contributed by atoms with Crippen molar-refractivity contribution in [1.82, 2.24) is 9.88 Å². The van der Waals surface area contributed by atoms with Crippen molar-refractivity contribution in [3.8, 4) is 11.8 Å². The zero-order chi connectivity index (χ0) is 27.4. The van der Waals surface area contributed by atoms with Crippen LogP contribution in [0.3, 0.4) is 0 Å². The molecule has 1 N–H and O–H groups in total. The molecule has 0 aliphatic rings. The van der Waals surface area contributed by atoms with Gasteiger partial charge in [-0.2, -0.15) is 18.4 Å². The molecule has 1 atom stereocenters. The Morgan fingerprint density at radius 2 is 1.84 bits per heavy atom. The number of aromatic nitrogens is 1. The number of carbonyl (C=O) groups excluding carboxylic acids is 1. The van der Waals surface area contributed by atoms with E-state index in [2.05, 4.69) is 11.9 Å². The summed E-state index contributed by atoms with van der Waals surface area (Å²) in [7, 11) is -3.80. The van der Waals surface area contributed by atoms with E-state index in [9.17, 15) is 31.2 Å². The number of benzene rings is 2. The van der Waals surface area contributed by atoms with Crippen molar-refractivity contribution in [3.05, 3.63) is 106 Å². The molecule has 0 fully saturated rings. The van der Waals surface area contributed by atoms with Crippen LogP contribution in [0.1, 0.15) is 33.6 Å². The van der Waals surface area contributed by atoms with E-state index in [-0.39, 0.29) is 29.1 Å². The van der Waals surface area contributed by atoms with Crippen molar-refractivity contribution < 1.29 is 26.4 Å². The smallest absolute Gasteiger partial charge is 0.348 e. The third-order valence-electron chi connectivity index (χ3n) is 5.61. The van der Waals surface area contributed by atoms with Crippen molar-refractivity contribution in [2.45, 2.75) is 36.2 Å². The van der Waals surface area contributed by atoms with E-state index in [1.165, 1.54) is 61.5 Å². The average Bonchev–Trinajstić information content (AvgIpc) is 2.85. The third-order valence-corrected chi connectivity index (χ3v) is 7.70. The van der Waals surface area contributed by atoms with Gasteiger partial charge in [0, 0.05) is 17.9 Å². The summed E-state index contributed by atoms with van der Waals surface area (Å²) in [6, 6.07) is 14.4. The lowest BCUT2D eigenvalue weighted by Crippen LogP contribution is -2.33. The first-order valence-corrected chi connectivity index (χ1v) is 12.5. The Kier molecular flexibility index (Phi) is 8.03. The summed E-state index contributed by atoms with van der Waals surface area (Å²) >= 11 is 0. The number of halogens is 3. The Labute approximate surface area is 211 Å². The first kappa shape index (κ1) is 27.4. The van der Waals surface area contributed by atoms with E-state index in [4.69, 9.17) is 5.26 Å². The first-order chi connectivity index (χ1) is 17.4. The standard InChI is InChI=1S/C26H22F3N3O4S/c1-3-21(13-14-30)37(35,36)22-10-8-18(9-11-22)16-31-24(33)23-12-7-17(2)32(25(23)34)20-6-4-5-19(15-20)26(27,28)29/h3-12,15,21H,1,13,16H2,2H3,(H,31,33). The normalized spacial score (nSPS) is 12.4. The summed E-state index contributed by atoms with van der Waals surface area (Å²) in [6.07, 6.45) is -3.64. The van der Waals surface area contributed by atoms with Gasteiger partial charge in [0.1, 0.15) is 5.56 Å². The van der Waals surface area contributed by atoms with Crippen LogP contribution in [0.15, 0.2) is 83.0 Å². The van der Waals surface area contributed by atoms with Gasteiger partial charge in [-0.3, -0.25) is 14.2 Å². The van der Waals surface area contributed by atoms with Gasteiger partial charge < -0.3 is 5.32 Å². The number of nitriles is 1. The topological polar surface area (TPSA) is 109 Å². The minimum absolute atomic E-state index is 0.00904. The van der Waals surface area contributed by atoms with Gasteiger partial charge in [-0.1, -0.05) is 24.3 Å². The molecule has 1 aromatic heterocycles. The molecule has 192 valence electrons. The van der Waals surface area contributed by atoms with Crippen molar-refractivity contribution in [3.63, 3.8) is 0 Å². The zero-order valence-corrected chi connectivity index (χ0v) is 20.4. The van der Waals surface area contributed by atoms with Crippen LogP contribution < -0.4 is 10.9 Å². The predicted molar refractivity (Wildman–Crippen MR) is 131 cm³/mol. The molecule has 0 radical (unpaired) electrons. The molecular formula is C26H22F3N3O4S. The van der Waals surface area contributed by atoms with Crippen LogP contribution in [0.4, 0.5) is 13.2 Å². The summed E-state index contributed by atoms with van der Waals surface area (Å²) in [6.45, 7) is 4.96. The lowest BCUT2D eigenvalue weighted by molar-refractivity contribution is -0.137. The molecule has 0 aliphatic heterocycles. The Morgan fingerprint density at radius 1 is 1.16 bits per heavy atom. The largest absolute Gasteiger partial charge is 0.416 e. The lowest BCUT2D eigenvalue weighted by Gasteiger charge is -2.14. The maximum Gasteiger partial charge on any atom is 0.416 e. The van der Waals surface area contributed by atoms with Crippen LogP contribution in [0.2, 0.25) is 0 Å². The highest BCUT2D eigenvalue weighted by Gasteiger charge is 2.31. The number of nitrogens with zero attached hydrogens (tertiary/aromatic N) is 2. The second kappa shape index (κ2) is 10.8.